The second-order valence-electron chi connectivity index (χ2n) is 5.51. The Balaban J connectivity index is 1.59. The Morgan fingerprint density at radius 1 is 1.20 bits per heavy atom. The number of nitrogens with zero attached hydrogens (tertiary/aromatic N) is 1. The van der Waals surface area contributed by atoms with Crippen molar-refractivity contribution in [2.24, 2.45) is 22.9 Å². The van der Waals surface area contributed by atoms with E-state index in [4.69, 9.17) is 23.2 Å². The van der Waals surface area contributed by atoms with Crippen LogP contribution >= 0.6 is 23.2 Å². The average Bonchev–Trinajstić information content (AvgIpc) is 3.16. The average molecular weight is 311 g/mol. The highest BCUT2D eigenvalue weighted by Crippen LogP contribution is 2.55. The van der Waals surface area contributed by atoms with Crippen LogP contribution in [0.3, 0.4) is 0 Å². The molecule has 20 heavy (non-hydrogen) atoms. The Bertz CT molecular complexity index is 527. The summed E-state index contributed by atoms with van der Waals surface area (Å²) in [7, 11) is 0. The SMILES string of the molecule is O=C(NN=Cc1c(Cl)cccc1Cl)C1C2CCCCC21. The second-order valence-corrected chi connectivity index (χ2v) is 6.32. The summed E-state index contributed by atoms with van der Waals surface area (Å²) >= 11 is 12.1. The summed E-state index contributed by atoms with van der Waals surface area (Å²) in [4.78, 5) is 12.0. The molecule has 1 aromatic rings. The van der Waals surface area contributed by atoms with Crippen LogP contribution in [0.4, 0.5) is 0 Å². The van der Waals surface area contributed by atoms with Gasteiger partial charge in [-0.1, -0.05) is 42.1 Å². The molecular formula is C15H16Cl2N2O. The van der Waals surface area contributed by atoms with E-state index in [9.17, 15) is 4.79 Å². The predicted octanol–water partition coefficient (Wildman–Crippen LogP) is 3.88. The van der Waals surface area contributed by atoms with Crippen molar-refractivity contribution in [3.63, 3.8) is 0 Å². The summed E-state index contributed by atoms with van der Waals surface area (Å²) in [6.07, 6.45) is 6.38. The molecule has 0 aliphatic heterocycles. The molecule has 0 aromatic heterocycles. The number of hydrogen-bond donors (Lipinski definition) is 1. The Morgan fingerprint density at radius 2 is 1.80 bits per heavy atom. The van der Waals surface area contributed by atoms with Crippen LogP contribution in [0, 0.1) is 17.8 Å². The van der Waals surface area contributed by atoms with Gasteiger partial charge in [0, 0.05) is 11.5 Å². The maximum absolute atomic E-state index is 12.0. The number of carbonyl (C=O) groups excluding carboxylic acids is 1. The molecule has 0 spiro atoms. The molecule has 2 unspecified atom stereocenters. The summed E-state index contributed by atoms with van der Waals surface area (Å²) < 4.78 is 0. The fourth-order valence-electron chi connectivity index (χ4n) is 3.25. The first-order valence-electron chi connectivity index (χ1n) is 6.95. The molecule has 0 heterocycles. The highest BCUT2D eigenvalue weighted by molar-refractivity contribution is 6.38. The van der Waals surface area contributed by atoms with Crippen molar-refractivity contribution < 1.29 is 4.79 Å². The van der Waals surface area contributed by atoms with Crippen molar-refractivity contribution in [3.05, 3.63) is 33.8 Å². The third kappa shape index (κ3) is 2.70. The van der Waals surface area contributed by atoms with E-state index in [2.05, 4.69) is 10.5 Å². The van der Waals surface area contributed by atoms with Crippen molar-refractivity contribution >= 4 is 35.3 Å². The molecule has 3 rings (SSSR count). The second kappa shape index (κ2) is 5.74. The summed E-state index contributed by atoms with van der Waals surface area (Å²) in [5.74, 6) is 1.36. The molecule has 0 bridgehead atoms. The number of fused-ring (bicyclic) bond motifs is 1. The van der Waals surface area contributed by atoms with Crippen LogP contribution in [0.15, 0.2) is 23.3 Å². The lowest BCUT2D eigenvalue weighted by atomic mass is 10.0. The van der Waals surface area contributed by atoms with Crippen LogP contribution in [0.25, 0.3) is 0 Å². The van der Waals surface area contributed by atoms with Crippen molar-refractivity contribution in [2.45, 2.75) is 25.7 Å². The van der Waals surface area contributed by atoms with E-state index in [1.54, 1.807) is 18.2 Å². The molecule has 2 aliphatic rings. The Labute approximate surface area is 128 Å². The van der Waals surface area contributed by atoms with Gasteiger partial charge in [0.2, 0.25) is 5.91 Å². The minimum atomic E-state index is 0.0290. The van der Waals surface area contributed by atoms with Gasteiger partial charge in [0.15, 0.2) is 0 Å². The number of halogens is 2. The van der Waals surface area contributed by atoms with Gasteiger partial charge in [-0.2, -0.15) is 5.10 Å². The molecule has 106 valence electrons. The zero-order valence-corrected chi connectivity index (χ0v) is 12.5. The quantitative estimate of drug-likeness (QED) is 0.668. The minimum absolute atomic E-state index is 0.0290. The van der Waals surface area contributed by atoms with Gasteiger partial charge in [-0.05, 0) is 36.8 Å². The van der Waals surface area contributed by atoms with Crippen molar-refractivity contribution in [3.8, 4) is 0 Å². The molecule has 1 amide bonds. The highest BCUT2D eigenvalue weighted by Gasteiger charge is 2.54. The Morgan fingerprint density at radius 3 is 2.40 bits per heavy atom. The lowest BCUT2D eigenvalue weighted by molar-refractivity contribution is -0.122. The monoisotopic (exact) mass is 310 g/mol. The first kappa shape index (κ1) is 13.9. The summed E-state index contributed by atoms with van der Waals surface area (Å²) in [5, 5.41) is 5.04. The van der Waals surface area contributed by atoms with Crippen molar-refractivity contribution in [1.29, 1.82) is 0 Å². The summed E-state index contributed by atoms with van der Waals surface area (Å²) in [6, 6.07) is 5.26. The van der Waals surface area contributed by atoms with Crippen LogP contribution < -0.4 is 5.43 Å². The number of hydrazone groups is 1. The first-order chi connectivity index (χ1) is 9.68. The van der Waals surface area contributed by atoms with Crippen LogP contribution in [0.2, 0.25) is 10.0 Å². The molecule has 1 N–H and O–H groups in total. The molecule has 2 atom stereocenters. The first-order valence-corrected chi connectivity index (χ1v) is 7.71. The zero-order chi connectivity index (χ0) is 14.1. The molecule has 0 saturated heterocycles. The van der Waals surface area contributed by atoms with Gasteiger partial charge in [0.05, 0.1) is 16.3 Å². The predicted molar refractivity (Wildman–Crippen MR) is 81.1 cm³/mol. The molecule has 2 fully saturated rings. The van der Waals surface area contributed by atoms with Crippen LogP contribution in [0.5, 0.6) is 0 Å². The largest absolute Gasteiger partial charge is 0.273 e. The highest BCUT2D eigenvalue weighted by atomic mass is 35.5. The van der Waals surface area contributed by atoms with Gasteiger partial charge in [-0.15, -0.1) is 0 Å². The van der Waals surface area contributed by atoms with E-state index >= 15 is 0 Å². The minimum Gasteiger partial charge on any atom is -0.273 e. The molecule has 2 aliphatic carbocycles. The van der Waals surface area contributed by atoms with Gasteiger partial charge in [0.1, 0.15) is 0 Å². The molecule has 1 aromatic carbocycles. The zero-order valence-electron chi connectivity index (χ0n) is 11.0. The number of benzene rings is 1. The van der Waals surface area contributed by atoms with Gasteiger partial charge < -0.3 is 0 Å². The molecule has 5 heteroatoms. The number of nitrogens with one attached hydrogen (secondary N) is 1. The topological polar surface area (TPSA) is 41.5 Å². The third-order valence-corrected chi connectivity index (χ3v) is 4.99. The lowest BCUT2D eigenvalue weighted by Crippen LogP contribution is -2.20. The Kier molecular flexibility index (Phi) is 3.99. The van der Waals surface area contributed by atoms with Crippen molar-refractivity contribution in [1.82, 2.24) is 5.43 Å². The molecule has 0 radical (unpaired) electrons. The third-order valence-electron chi connectivity index (χ3n) is 4.33. The standard InChI is InChI=1S/C15H16Cl2N2O/c16-12-6-3-7-13(17)11(12)8-18-19-15(20)14-9-4-1-2-5-10(9)14/h3,6-10,14H,1-2,4-5H2,(H,19,20). The number of carbonyl (C=O) groups is 1. The molecule has 3 nitrogen and oxygen atoms in total. The fourth-order valence-corrected chi connectivity index (χ4v) is 3.75. The van der Waals surface area contributed by atoms with E-state index < -0.39 is 0 Å². The lowest BCUT2D eigenvalue weighted by Gasteiger charge is -2.04. The molecular weight excluding hydrogens is 295 g/mol. The van der Waals surface area contributed by atoms with Crippen molar-refractivity contribution in [2.75, 3.05) is 0 Å². The number of rotatable bonds is 3. The Hall–Kier alpha value is -1.06. The van der Waals surface area contributed by atoms with E-state index in [1.165, 1.54) is 31.9 Å². The summed E-state index contributed by atoms with van der Waals surface area (Å²) in [5.41, 5.74) is 3.25. The van der Waals surface area contributed by atoms with Gasteiger partial charge in [0.25, 0.3) is 0 Å². The van der Waals surface area contributed by atoms with Gasteiger partial charge >= 0.3 is 0 Å². The maximum Gasteiger partial charge on any atom is 0.243 e. The maximum atomic E-state index is 12.0. The van der Waals surface area contributed by atoms with Crippen LogP contribution in [0.1, 0.15) is 31.2 Å². The van der Waals surface area contributed by atoms with E-state index in [0.29, 0.717) is 27.4 Å². The smallest absolute Gasteiger partial charge is 0.243 e. The van der Waals surface area contributed by atoms with Gasteiger partial charge in [-0.25, -0.2) is 5.43 Å². The molecule has 2 saturated carbocycles. The van der Waals surface area contributed by atoms with E-state index in [0.717, 1.165) is 0 Å². The summed E-state index contributed by atoms with van der Waals surface area (Å²) in [6.45, 7) is 0. The van der Waals surface area contributed by atoms with Gasteiger partial charge in [-0.3, -0.25) is 4.79 Å². The van der Waals surface area contributed by atoms with E-state index in [1.807, 2.05) is 0 Å². The van der Waals surface area contributed by atoms with E-state index in [-0.39, 0.29) is 11.8 Å². The van der Waals surface area contributed by atoms with Crippen LogP contribution in [-0.2, 0) is 4.79 Å². The number of amides is 1. The normalized spacial score (nSPS) is 28.2. The number of hydrogen-bond acceptors (Lipinski definition) is 2. The fraction of sp³-hybridized carbons (Fsp3) is 0.467. The van der Waals surface area contributed by atoms with Crippen LogP contribution in [-0.4, -0.2) is 12.1 Å².